The van der Waals surface area contributed by atoms with Gasteiger partial charge in [0.1, 0.15) is 5.75 Å². The molecule has 3 rings (SSSR count). The van der Waals surface area contributed by atoms with Crippen LogP contribution in [-0.2, 0) is 27.7 Å². The molecule has 0 aromatic heterocycles. The van der Waals surface area contributed by atoms with Gasteiger partial charge in [0.25, 0.3) is 11.8 Å². The predicted octanol–water partition coefficient (Wildman–Crippen LogP) is 2.21. The molecule has 0 spiro atoms. The summed E-state index contributed by atoms with van der Waals surface area (Å²) in [4.78, 5) is 40.8. The van der Waals surface area contributed by atoms with Gasteiger partial charge in [-0.1, -0.05) is 56.3 Å². The molecule has 3 aromatic rings. The van der Waals surface area contributed by atoms with Crippen molar-refractivity contribution in [2.45, 2.75) is 56.6 Å². The summed E-state index contributed by atoms with van der Waals surface area (Å²) in [5.41, 5.74) is 4.08. The highest BCUT2D eigenvalue weighted by molar-refractivity contribution is 7.89. The zero-order valence-electron chi connectivity index (χ0n) is 26.3. The topological polar surface area (TPSA) is 182 Å². The van der Waals surface area contributed by atoms with Crippen LogP contribution in [0, 0.1) is 0 Å². The van der Waals surface area contributed by atoms with Crippen LogP contribution >= 0.6 is 0 Å². The summed E-state index contributed by atoms with van der Waals surface area (Å²) in [6, 6.07) is 18.0. The van der Waals surface area contributed by atoms with Gasteiger partial charge >= 0.3 is 0 Å². The van der Waals surface area contributed by atoms with Crippen molar-refractivity contribution in [3.8, 4) is 5.75 Å². The van der Waals surface area contributed by atoms with Gasteiger partial charge in [0.05, 0.1) is 23.5 Å². The normalized spacial score (nSPS) is 12.7. The molecule has 0 aliphatic carbocycles. The van der Waals surface area contributed by atoms with E-state index < -0.39 is 38.9 Å². The van der Waals surface area contributed by atoms with E-state index >= 15 is 0 Å². The Morgan fingerprint density at radius 2 is 1.50 bits per heavy atom. The first-order valence-electron chi connectivity index (χ1n) is 15.1. The lowest BCUT2D eigenvalue weighted by Gasteiger charge is -2.28. The molecule has 0 bridgehead atoms. The van der Waals surface area contributed by atoms with Crippen molar-refractivity contribution in [2.75, 3.05) is 26.7 Å². The first-order chi connectivity index (χ1) is 21.8. The molecular formula is C33H43N5O7S. The molecule has 3 amide bonds. The smallest absolute Gasteiger partial charge is 0.253 e. The molecule has 46 heavy (non-hydrogen) atoms. The van der Waals surface area contributed by atoms with Crippen LogP contribution in [0.5, 0.6) is 5.75 Å². The van der Waals surface area contributed by atoms with Crippen LogP contribution < -0.4 is 15.9 Å². The number of sulfonamides is 1. The van der Waals surface area contributed by atoms with Crippen LogP contribution in [0.15, 0.2) is 77.7 Å². The summed E-state index contributed by atoms with van der Waals surface area (Å²) in [6.07, 6.45) is 0.412. The van der Waals surface area contributed by atoms with Gasteiger partial charge in [-0.05, 0) is 60.7 Å². The Hall–Kier alpha value is -4.30. The van der Waals surface area contributed by atoms with Crippen molar-refractivity contribution in [3.63, 3.8) is 0 Å². The van der Waals surface area contributed by atoms with E-state index in [1.54, 1.807) is 24.1 Å². The van der Waals surface area contributed by atoms with E-state index in [1.807, 2.05) is 44.2 Å². The number of likely N-dealkylation sites (N-methyl/N-ethyl adjacent to an activating group) is 1. The van der Waals surface area contributed by atoms with E-state index in [1.165, 1.54) is 23.2 Å². The van der Waals surface area contributed by atoms with Crippen molar-refractivity contribution < 1.29 is 33.0 Å². The van der Waals surface area contributed by atoms with Crippen LogP contribution in [0.2, 0.25) is 0 Å². The van der Waals surface area contributed by atoms with Gasteiger partial charge in [-0.2, -0.15) is 0 Å². The number of carbonyl (C=O) groups excluding carboxylic acids is 3. The Morgan fingerprint density at radius 3 is 2.09 bits per heavy atom. The number of benzene rings is 3. The largest absolute Gasteiger partial charge is 0.508 e. The third-order valence-electron chi connectivity index (χ3n) is 7.18. The Bertz CT molecular complexity index is 1580. The highest BCUT2D eigenvalue weighted by Crippen LogP contribution is 2.19. The highest BCUT2D eigenvalue weighted by Gasteiger charge is 2.26. The zero-order chi connectivity index (χ0) is 33.9. The van der Waals surface area contributed by atoms with Gasteiger partial charge in [-0.25, -0.2) is 18.6 Å². The Balaban J connectivity index is 1.87. The minimum Gasteiger partial charge on any atom is -0.508 e. The number of phenolic OH excluding ortho intramolecular Hbond substituents is 1. The number of carbonyl (C=O) groups is 3. The number of aliphatic hydroxyl groups excluding tert-OH is 1. The van der Waals surface area contributed by atoms with Crippen LogP contribution in [0.1, 0.15) is 58.5 Å². The van der Waals surface area contributed by atoms with Crippen molar-refractivity contribution in [2.24, 2.45) is 5.14 Å². The number of nitrogens with two attached hydrogens (primary N) is 1. The van der Waals surface area contributed by atoms with Gasteiger partial charge in [0.2, 0.25) is 15.9 Å². The van der Waals surface area contributed by atoms with E-state index in [9.17, 15) is 33.0 Å². The highest BCUT2D eigenvalue weighted by atomic mass is 32.2. The monoisotopic (exact) mass is 653 g/mol. The standard InChI is InChI=1S/C33H43N5O7S/c1-4-15-38(16-5-2)33(43)26-19-25(20-28(21-26)46(34,44)45)32(42)35-29(17-24-11-13-27(39)14-12-24)30(40)22-37(3)36-31(41)18-23-9-7-6-8-10-23/h6-14,19-21,29-30,39-40H,4-5,15-18,22H2,1-3H3,(H,35,42)(H,36,41)(H2,34,44,45). The van der Waals surface area contributed by atoms with Crippen molar-refractivity contribution in [3.05, 3.63) is 95.1 Å². The van der Waals surface area contributed by atoms with Crippen molar-refractivity contribution in [1.29, 1.82) is 0 Å². The average molecular weight is 654 g/mol. The Kier molecular flexibility index (Phi) is 13.2. The third-order valence-corrected chi connectivity index (χ3v) is 8.07. The summed E-state index contributed by atoms with van der Waals surface area (Å²) in [7, 11) is -2.70. The fraction of sp³-hybridized carbons (Fsp3) is 0.364. The molecule has 3 aromatic carbocycles. The maximum Gasteiger partial charge on any atom is 0.253 e. The summed E-state index contributed by atoms with van der Waals surface area (Å²) >= 11 is 0. The maximum absolute atomic E-state index is 13.6. The minimum atomic E-state index is -4.28. The Morgan fingerprint density at radius 1 is 0.891 bits per heavy atom. The average Bonchev–Trinajstić information content (AvgIpc) is 3.00. The van der Waals surface area contributed by atoms with E-state index in [0.29, 0.717) is 31.5 Å². The van der Waals surface area contributed by atoms with Crippen LogP contribution in [0.25, 0.3) is 0 Å². The molecule has 0 saturated carbocycles. The number of aromatic hydroxyl groups is 1. The molecule has 13 heteroatoms. The molecule has 0 radical (unpaired) electrons. The number of nitrogens with zero attached hydrogens (tertiary/aromatic N) is 2. The number of nitrogens with one attached hydrogen (secondary N) is 2. The second kappa shape index (κ2) is 16.9. The molecule has 0 heterocycles. The molecule has 0 fully saturated rings. The lowest BCUT2D eigenvalue weighted by atomic mass is 10.00. The second-order valence-corrected chi connectivity index (χ2v) is 12.7. The summed E-state index contributed by atoms with van der Waals surface area (Å²) in [5.74, 6) is -1.42. The predicted molar refractivity (Wildman–Crippen MR) is 174 cm³/mol. The summed E-state index contributed by atoms with van der Waals surface area (Å²) in [6.45, 7) is 4.66. The quantitative estimate of drug-likeness (QED) is 0.146. The van der Waals surface area contributed by atoms with E-state index in [2.05, 4.69) is 10.7 Å². The number of aliphatic hydroxyl groups is 1. The molecule has 12 nitrogen and oxygen atoms in total. The first-order valence-corrected chi connectivity index (χ1v) is 16.6. The summed E-state index contributed by atoms with van der Waals surface area (Å²) < 4.78 is 24.7. The lowest BCUT2D eigenvalue weighted by Crippen LogP contribution is -2.52. The molecule has 2 unspecified atom stereocenters. The zero-order valence-corrected chi connectivity index (χ0v) is 27.2. The fourth-order valence-electron chi connectivity index (χ4n) is 4.96. The van der Waals surface area contributed by atoms with Gasteiger partial charge < -0.3 is 20.4 Å². The molecule has 6 N–H and O–H groups in total. The second-order valence-electron chi connectivity index (χ2n) is 11.2. The molecule has 0 saturated heterocycles. The molecule has 2 atom stereocenters. The Labute approximate surface area is 270 Å². The van der Waals surface area contributed by atoms with E-state index in [0.717, 1.165) is 17.7 Å². The van der Waals surface area contributed by atoms with Gasteiger partial charge in [0.15, 0.2) is 0 Å². The number of rotatable bonds is 16. The molecular weight excluding hydrogens is 610 g/mol. The van der Waals surface area contributed by atoms with Crippen molar-refractivity contribution >= 4 is 27.7 Å². The van der Waals surface area contributed by atoms with E-state index in [4.69, 9.17) is 5.14 Å². The summed E-state index contributed by atoms with van der Waals surface area (Å²) in [5, 5.41) is 30.6. The molecule has 248 valence electrons. The first kappa shape index (κ1) is 36.2. The lowest BCUT2D eigenvalue weighted by molar-refractivity contribution is -0.125. The number of hydrogen-bond acceptors (Lipinski definition) is 8. The fourth-order valence-corrected chi connectivity index (χ4v) is 5.55. The van der Waals surface area contributed by atoms with Crippen LogP contribution in [-0.4, -0.2) is 85.1 Å². The van der Waals surface area contributed by atoms with Crippen LogP contribution in [0.3, 0.4) is 0 Å². The number of hydrogen-bond donors (Lipinski definition) is 5. The number of hydrazine groups is 1. The van der Waals surface area contributed by atoms with Gasteiger partial charge in [-0.3, -0.25) is 19.8 Å². The van der Waals surface area contributed by atoms with E-state index in [-0.39, 0.29) is 42.2 Å². The number of phenols is 1. The number of amides is 3. The molecule has 0 aliphatic heterocycles. The van der Waals surface area contributed by atoms with Crippen molar-refractivity contribution in [1.82, 2.24) is 20.7 Å². The van der Waals surface area contributed by atoms with Gasteiger partial charge in [0, 0.05) is 37.8 Å². The minimum absolute atomic E-state index is 0.00456. The maximum atomic E-state index is 13.6. The van der Waals surface area contributed by atoms with Gasteiger partial charge in [-0.15, -0.1) is 0 Å². The number of primary sulfonamides is 1. The molecule has 0 aliphatic rings. The third kappa shape index (κ3) is 10.9. The SMILES string of the molecule is CCCN(CCC)C(=O)c1cc(C(=O)NC(Cc2ccc(O)cc2)C(O)CN(C)NC(=O)Cc2ccccc2)cc(S(N)(=O)=O)c1. The van der Waals surface area contributed by atoms with Crippen LogP contribution in [0.4, 0.5) is 0 Å².